The molecule has 0 aliphatic carbocycles. The highest BCUT2D eigenvalue weighted by Crippen LogP contribution is 2.12. The second-order valence-corrected chi connectivity index (χ2v) is 6.78. The van der Waals surface area contributed by atoms with Gasteiger partial charge in [0.2, 0.25) is 0 Å². The predicted octanol–water partition coefficient (Wildman–Crippen LogP) is 2.57. The molecule has 0 atom stereocenters. The molecule has 1 nitrogen and oxygen atoms in total. The Morgan fingerprint density at radius 2 is 1.50 bits per heavy atom. The van der Waals surface area contributed by atoms with E-state index >= 15 is 0 Å². The molecule has 62 valence electrons. The summed E-state index contributed by atoms with van der Waals surface area (Å²) < 4.78 is 5.88. The Kier molecular flexibility index (Phi) is 4.21. The summed E-state index contributed by atoms with van der Waals surface area (Å²) in [6, 6.07) is 2.52. The Morgan fingerprint density at radius 1 is 1.10 bits per heavy atom. The van der Waals surface area contributed by atoms with E-state index in [-0.39, 0.29) is 5.60 Å². The molecule has 0 rings (SSSR count). The monoisotopic (exact) mass is 160 g/mol. The summed E-state index contributed by atoms with van der Waals surface area (Å²) in [5.41, 5.74) is 0.0862. The van der Waals surface area contributed by atoms with E-state index in [2.05, 4.69) is 34.6 Å². The summed E-state index contributed by atoms with van der Waals surface area (Å²) in [7, 11) is -0.817. The number of rotatable bonds is 3. The first-order chi connectivity index (χ1) is 4.49. The van der Waals surface area contributed by atoms with Crippen molar-refractivity contribution in [2.45, 2.75) is 52.3 Å². The SMILES string of the molecule is CC[SiH](CC)OC(C)(C)C. The molecule has 0 saturated carbocycles. The van der Waals surface area contributed by atoms with Crippen LogP contribution in [0.15, 0.2) is 0 Å². The molecule has 0 aromatic rings. The zero-order chi connectivity index (χ0) is 8.20. The predicted molar refractivity (Wildman–Crippen MR) is 48.9 cm³/mol. The van der Waals surface area contributed by atoms with Gasteiger partial charge in [-0.05, 0) is 32.9 Å². The van der Waals surface area contributed by atoms with E-state index in [0.29, 0.717) is 0 Å². The maximum Gasteiger partial charge on any atom is 0.177 e. The van der Waals surface area contributed by atoms with E-state index in [4.69, 9.17) is 4.43 Å². The first-order valence-electron chi connectivity index (χ1n) is 4.17. The lowest BCUT2D eigenvalue weighted by molar-refractivity contribution is 0.128. The van der Waals surface area contributed by atoms with Gasteiger partial charge in [-0.3, -0.25) is 0 Å². The molecule has 0 aliphatic heterocycles. The van der Waals surface area contributed by atoms with E-state index in [1.165, 1.54) is 12.1 Å². The summed E-state index contributed by atoms with van der Waals surface area (Å²) in [5, 5.41) is 0. The molecule has 0 aromatic heterocycles. The Bertz CT molecular complexity index is 81.7. The summed E-state index contributed by atoms with van der Waals surface area (Å²) >= 11 is 0. The van der Waals surface area contributed by atoms with Gasteiger partial charge in [0.15, 0.2) is 9.04 Å². The molecule has 0 heterocycles. The fourth-order valence-corrected chi connectivity index (χ4v) is 2.87. The smallest absolute Gasteiger partial charge is 0.177 e. The quantitative estimate of drug-likeness (QED) is 0.577. The van der Waals surface area contributed by atoms with Crippen LogP contribution in [0.4, 0.5) is 0 Å². The largest absolute Gasteiger partial charge is 0.415 e. The van der Waals surface area contributed by atoms with Crippen LogP contribution in [0, 0.1) is 0 Å². The third kappa shape index (κ3) is 5.00. The lowest BCUT2D eigenvalue weighted by Crippen LogP contribution is -2.29. The highest BCUT2D eigenvalue weighted by molar-refractivity contribution is 6.51. The van der Waals surface area contributed by atoms with Crippen LogP contribution in [0.5, 0.6) is 0 Å². The average Bonchev–Trinajstić information content (AvgIpc) is 1.81. The topological polar surface area (TPSA) is 9.23 Å². The van der Waals surface area contributed by atoms with Crippen molar-refractivity contribution in [2.24, 2.45) is 0 Å². The first-order valence-corrected chi connectivity index (χ1v) is 6.27. The van der Waals surface area contributed by atoms with E-state index in [1.807, 2.05) is 0 Å². The van der Waals surface area contributed by atoms with Gasteiger partial charge < -0.3 is 4.43 Å². The first kappa shape index (κ1) is 10.2. The average molecular weight is 160 g/mol. The molecule has 0 saturated heterocycles. The van der Waals surface area contributed by atoms with Gasteiger partial charge in [-0.25, -0.2) is 0 Å². The van der Waals surface area contributed by atoms with Crippen molar-refractivity contribution in [1.29, 1.82) is 0 Å². The Hall–Kier alpha value is 0.177. The van der Waals surface area contributed by atoms with E-state index in [9.17, 15) is 0 Å². The molecule has 0 fully saturated rings. The van der Waals surface area contributed by atoms with Crippen molar-refractivity contribution in [1.82, 2.24) is 0 Å². The minimum Gasteiger partial charge on any atom is -0.415 e. The van der Waals surface area contributed by atoms with Gasteiger partial charge in [0.1, 0.15) is 0 Å². The van der Waals surface area contributed by atoms with Gasteiger partial charge in [0.05, 0.1) is 0 Å². The van der Waals surface area contributed by atoms with Gasteiger partial charge in [-0.1, -0.05) is 13.8 Å². The minimum absolute atomic E-state index is 0.0862. The van der Waals surface area contributed by atoms with E-state index < -0.39 is 9.04 Å². The van der Waals surface area contributed by atoms with Crippen molar-refractivity contribution in [3.05, 3.63) is 0 Å². The van der Waals surface area contributed by atoms with Gasteiger partial charge in [-0.15, -0.1) is 0 Å². The molecule has 0 unspecified atom stereocenters. The van der Waals surface area contributed by atoms with Crippen LogP contribution in [-0.2, 0) is 4.43 Å². The number of hydrogen-bond donors (Lipinski definition) is 0. The highest BCUT2D eigenvalue weighted by atomic mass is 28.3. The van der Waals surface area contributed by atoms with Crippen molar-refractivity contribution in [3.8, 4) is 0 Å². The summed E-state index contributed by atoms with van der Waals surface area (Å²) in [6.07, 6.45) is 0. The van der Waals surface area contributed by atoms with E-state index in [1.54, 1.807) is 0 Å². The van der Waals surface area contributed by atoms with Gasteiger partial charge in [0.25, 0.3) is 0 Å². The van der Waals surface area contributed by atoms with Crippen LogP contribution in [0.1, 0.15) is 34.6 Å². The molecule has 0 aromatic carbocycles. The third-order valence-corrected chi connectivity index (χ3v) is 4.29. The normalized spacial score (nSPS) is 12.6. The lowest BCUT2D eigenvalue weighted by Gasteiger charge is -2.25. The lowest BCUT2D eigenvalue weighted by atomic mass is 10.2. The molecule has 0 aliphatic rings. The maximum absolute atomic E-state index is 5.88. The molecule has 0 spiro atoms. The fourth-order valence-electron chi connectivity index (χ4n) is 0.955. The van der Waals surface area contributed by atoms with Crippen LogP contribution in [0.25, 0.3) is 0 Å². The molecule has 0 bridgehead atoms. The van der Waals surface area contributed by atoms with Gasteiger partial charge in [-0.2, -0.15) is 0 Å². The molecule has 0 N–H and O–H groups in total. The number of hydrogen-bond acceptors (Lipinski definition) is 1. The van der Waals surface area contributed by atoms with Crippen molar-refractivity contribution in [3.63, 3.8) is 0 Å². The Labute approximate surface area is 66.5 Å². The molecule has 0 radical (unpaired) electrons. The molecule has 2 heteroatoms. The second kappa shape index (κ2) is 4.14. The standard InChI is InChI=1S/C8H20OSi/c1-6-10(7-2)9-8(3,4)5/h10H,6-7H2,1-5H3. The van der Waals surface area contributed by atoms with Crippen LogP contribution >= 0.6 is 0 Å². The van der Waals surface area contributed by atoms with Gasteiger partial charge in [0, 0.05) is 5.60 Å². The highest BCUT2D eigenvalue weighted by Gasteiger charge is 2.16. The summed E-state index contributed by atoms with van der Waals surface area (Å²) in [5.74, 6) is 0. The maximum atomic E-state index is 5.88. The van der Waals surface area contributed by atoms with Crippen molar-refractivity contribution in [2.75, 3.05) is 0 Å². The molecule has 0 amide bonds. The zero-order valence-electron chi connectivity index (χ0n) is 7.90. The molecule has 10 heavy (non-hydrogen) atoms. The summed E-state index contributed by atoms with van der Waals surface area (Å²) in [4.78, 5) is 0. The Balaban J connectivity index is 3.63. The van der Waals surface area contributed by atoms with Crippen LogP contribution in [-0.4, -0.2) is 14.6 Å². The van der Waals surface area contributed by atoms with Crippen LogP contribution in [0.3, 0.4) is 0 Å². The fraction of sp³-hybridized carbons (Fsp3) is 1.00. The van der Waals surface area contributed by atoms with Crippen LogP contribution in [0.2, 0.25) is 12.1 Å². The molecular formula is C8H20OSi. The van der Waals surface area contributed by atoms with E-state index in [0.717, 1.165) is 0 Å². The third-order valence-electron chi connectivity index (χ3n) is 1.43. The zero-order valence-corrected chi connectivity index (χ0v) is 9.05. The van der Waals surface area contributed by atoms with Gasteiger partial charge >= 0.3 is 0 Å². The van der Waals surface area contributed by atoms with Crippen LogP contribution < -0.4 is 0 Å². The second-order valence-electron chi connectivity index (χ2n) is 3.67. The summed E-state index contributed by atoms with van der Waals surface area (Å²) in [6.45, 7) is 10.9. The van der Waals surface area contributed by atoms with Crippen molar-refractivity contribution < 1.29 is 4.43 Å². The molecular weight excluding hydrogens is 140 g/mol. The van der Waals surface area contributed by atoms with Crippen molar-refractivity contribution >= 4 is 9.04 Å². The Morgan fingerprint density at radius 3 is 1.60 bits per heavy atom. The minimum atomic E-state index is -0.817.